The lowest BCUT2D eigenvalue weighted by Crippen LogP contribution is -1.90. The summed E-state index contributed by atoms with van der Waals surface area (Å²) >= 11 is 0. The fourth-order valence-corrected chi connectivity index (χ4v) is 2.51. The minimum atomic E-state index is 0.235. The first kappa shape index (κ1) is 16.7. The Morgan fingerprint density at radius 2 is 1.13 bits per heavy atom. The van der Waals surface area contributed by atoms with Crippen LogP contribution in [0.5, 0.6) is 11.5 Å². The van der Waals surface area contributed by atoms with E-state index in [4.69, 9.17) is 0 Å². The topological polar surface area (TPSA) is 65.2 Å². The monoisotopic (exact) mass is 310 g/mol. The first-order chi connectivity index (χ1) is 10.9. The molecular formula is C19H22N2O2. The summed E-state index contributed by atoms with van der Waals surface area (Å²) in [6.07, 6.45) is 3.24. The molecular weight excluding hydrogens is 288 g/mol. The number of phenolic OH excluding ortho intramolecular Hbond substituents is 2. The lowest BCUT2D eigenvalue weighted by molar-refractivity contribution is 0.469. The maximum Gasteiger partial charge on any atom is 0.129 e. The number of aryl methyl sites for hydroxylation is 4. The molecule has 2 aromatic rings. The van der Waals surface area contributed by atoms with Gasteiger partial charge in [-0.15, -0.1) is 0 Å². The van der Waals surface area contributed by atoms with E-state index in [1.807, 2.05) is 52.0 Å². The van der Waals surface area contributed by atoms with E-state index in [0.717, 1.165) is 22.3 Å². The van der Waals surface area contributed by atoms with Crippen LogP contribution in [-0.4, -0.2) is 29.3 Å². The molecule has 0 radical (unpaired) electrons. The standard InChI is InChI=1S/C19H22N2O2/c1-12-5-14(3)18(22)16(7-12)9-20-11-21-10-17-8-13(2)6-15(4)19(17)23/h5-10,22-23H,11H2,1-4H3. The minimum absolute atomic E-state index is 0.235. The number of phenols is 2. The minimum Gasteiger partial charge on any atom is -0.507 e. The largest absolute Gasteiger partial charge is 0.507 e. The van der Waals surface area contributed by atoms with Crippen LogP contribution < -0.4 is 0 Å². The van der Waals surface area contributed by atoms with Crippen LogP contribution in [0.1, 0.15) is 33.4 Å². The number of hydrogen-bond acceptors (Lipinski definition) is 4. The van der Waals surface area contributed by atoms with Gasteiger partial charge in [0, 0.05) is 23.6 Å². The number of rotatable bonds is 4. The van der Waals surface area contributed by atoms with Crippen molar-refractivity contribution in [2.24, 2.45) is 9.98 Å². The van der Waals surface area contributed by atoms with E-state index in [1.54, 1.807) is 12.4 Å². The highest BCUT2D eigenvalue weighted by Crippen LogP contribution is 2.23. The maximum atomic E-state index is 9.99. The lowest BCUT2D eigenvalue weighted by atomic mass is 10.1. The van der Waals surface area contributed by atoms with E-state index in [2.05, 4.69) is 9.98 Å². The molecule has 0 unspecified atom stereocenters. The smallest absolute Gasteiger partial charge is 0.129 e. The van der Waals surface area contributed by atoms with Crippen LogP contribution in [0.4, 0.5) is 0 Å². The van der Waals surface area contributed by atoms with Crippen molar-refractivity contribution in [1.82, 2.24) is 0 Å². The van der Waals surface area contributed by atoms with Crippen molar-refractivity contribution < 1.29 is 10.2 Å². The zero-order valence-electron chi connectivity index (χ0n) is 14.0. The molecule has 2 rings (SSSR count). The molecule has 2 aromatic carbocycles. The first-order valence-corrected chi connectivity index (χ1v) is 7.48. The summed E-state index contributed by atoms with van der Waals surface area (Å²) < 4.78 is 0. The molecule has 4 nitrogen and oxygen atoms in total. The van der Waals surface area contributed by atoms with Crippen molar-refractivity contribution in [3.8, 4) is 11.5 Å². The van der Waals surface area contributed by atoms with Crippen LogP contribution in [0.3, 0.4) is 0 Å². The van der Waals surface area contributed by atoms with Gasteiger partial charge in [-0.3, -0.25) is 9.98 Å². The van der Waals surface area contributed by atoms with Crippen molar-refractivity contribution in [2.45, 2.75) is 27.7 Å². The Hall–Kier alpha value is -2.62. The van der Waals surface area contributed by atoms with Crippen molar-refractivity contribution in [3.63, 3.8) is 0 Å². The Kier molecular flexibility index (Phi) is 5.16. The number of benzene rings is 2. The van der Waals surface area contributed by atoms with E-state index in [1.165, 1.54) is 0 Å². The summed E-state index contributed by atoms with van der Waals surface area (Å²) in [5.41, 5.74) is 5.18. The average molecular weight is 310 g/mol. The number of aromatic hydroxyl groups is 2. The van der Waals surface area contributed by atoms with E-state index in [-0.39, 0.29) is 18.2 Å². The summed E-state index contributed by atoms with van der Waals surface area (Å²) in [5, 5.41) is 20.0. The maximum absolute atomic E-state index is 9.99. The second kappa shape index (κ2) is 7.09. The molecule has 120 valence electrons. The third-order valence-corrected chi connectivity index (χ3v) is 3.57. The Morgan fingerprint density at radius 1 is 0.739 bits per heavy atom. The lowest BCUT2D eigenvalue weighted by Gasteiger charge is -2.05. The van der Waals surface area contributed by atoms with Crippen LogP contribution in [0, 0.1) is 27.7 Å². The SMILES string of the molecule is Cc1cc(C)c(O)c(C=NCN=Cc2cc(C)cc(C)c2O)c1. The highest BCUT2D eigenvalue weighted by Gasteiger charge is 2.03. The van der Waals surface area contributed by atoms with Crippen LogP contribution in [-0.2, 0) is 0 Å². The summed E-state index contributed by atoms with van der Waals surface area (Å²) in [6, 6.07) is 7.61. The molecule has 0 amide bonds. The number of nitrogens with zero attached hydrogens (tertiary/aromatic N) is 2. The van der Waals surface area contributed by atoms with Crippen molar-refractivity contribution in [1.29, 1.82) is 0 Å². The number of aliphatic imine (C=N–C) groups is 2. The third-order valence-electron chi connectivity index (χ3n) is 3.57. The Morgan fingerprint density at radius 3 is 1.52 bits per heavy atom. The van der Waals surface area contributed by atoms with E-state index >= 15 is 0 Å². The van der Waals surface area contributed by atoms with Gasteiger partial charge in [0.25, 0.3) is 0 Å². The Labute approximate surface area is 136 Å². The van der Waals surface area contributed by atoms with Gasteiger partial charge in [0.05, 0.1) is 0 Å². The molecule has 0 spiro atoms. The van der Waals surface area contributed by atoms with Crippen LogP contribution in [0.25, 0.3) is 0 Å². The molecule has 0 saturated heterocycles. The first-order valence-electron chi connectivity index (χ1n) is 7.48. The molecule has 0 aliphatic heterocycles. The average Bonchev–Trinajstić information content (AvgIpc) is 2.48. The molecule has 0 aliphatic carbocycles. The summed E-state index contributed by atoms with van der Waals surface area (Å²) in [7, 11) is 0. The molecule has 0 aromatic heterocycles. The molecule has 0 fully saturated rings. The second-order valence-corrected chi connectivity index (χ2v) is 5.80. The predicted octanol–water partition coefficient (Wildman–Crippen LogP) is 3.83. The quantitative estimate of drug-likeness (QED) is 0.843. The summed E-state index contributed by atoms with van der Waals surface area (Å²) in [6.45, 7) is 7.91. The van der Waals surface area contributed by atoms with E-state index in [9.17, 15) is 10.2 Å². The van der Waals surface area contributed by atoms with E-state index in [0.29, 0.717) is 11.1 Å². The van der Waals surface area contributed by atoms with Gasteiger partial charge in [0.1, 0.15) is 18.2 Å². The van der Waals surface area contributed by atoms with Crippen LogP contribution >= 0.6 is 0 Å². The van der Waals surface area contributed by atoms with Crippen molar-refractivity contribution in [3.05, 3.63) is 57.6 Å². The van der Waals surface area contributed by atoms with Gasteiger partial charge >= 0.3 is 0 Å². The van der Waals surface area contributed by atoms with Gasteiger partial charge in [-0.1, -0.05) is 12.1 Å². The van der Waals surface area contributed by atoms with Gasteiger partial charge in [-0.2, -0.15) is 0 Å². The fraction of sp³-hybridized carbons (Fsp3) is 0.263. The molecule has 0 aliphatic rings. The van der Waals surface area contributed by atoms with Crippen LogP contribution in [0.2, 0.25) is 0 Å². The van der Waals surface area contributed by atoms with Gasteiger partial charge in [0.15, 0.2) is 0 Å². The normalized spacial score (nSPS) is 11.7. The Bertz CT molecular complexity index is 712. The van der Waals surface area contributed by atoms with Crippen LogP contribution in [0.15, 0.2) is 34.3 Å². The highest BCUT2D eigenvalue weighted by molar-refractivity contribution is 5.85. The fourth-order valence-electron chi connectivity index (χ4n) is 2.51. The van der Waals surface area contributed by atoms with Gasteiger partial charge in [-0.25, -0.2) is 0 Å². The number of hydrogen-bond donors (Lipinski definition) is 2. The van der Waals surface area contributed by atoms with Gasteiger partial charge in [0.2, 0.25) is 0 Å². The molecule has 2 N–H and O–H groups in total. The zero-order chi connectivity index (χ0) is 17.0. The Balaban J connectivity index is 2.08. The van der Waals surface area contributed by atoms with Crippen molar-refractivity contribution >= 4 is 12.4 Å². The molecule has 0 atom stereocenters. The zero-order valence-corrected chi connectivity index (χ0v) is 14.0. The van der Waals surface area contributed by atoms with Crippen molar-refractivity contribution in [2.75, 3.05) is 6.67 Å². The second-order valence-electron chi connectivity index (χ2n) is 5.80. The molecule has 0 heterocycles. The molecule has 0 saturated carbocycles. The summed E-state index contributed by atoms with van der Waals surface area (Å²) in [4.78, 5) is 8.42. The molecule has 4 heteroatoms. The van der Waals surface area contributed by atoms with Gasteiger partial charge in [-0.05, 0) is 62.1 Å². The predicted molar refractivity (Wildman–Crippen MR) is 95.2 cm³/mol. The van der Waals surface area contributed by atoms with E-state index < -0.39 is 0 Å². The third kappa shape index (κ3) is 4.19. The summed E-state index contributed by atoms with van der Waals surface area (Å²) in [5.74, 6) is 0.491. The highest BCUT2D eigenvalue weighted by atomic mass is 16.3. The van der Waals surface area contributed by atoms with Gasteiger partial charge < -0.3 is 10.2 Å². The molecule has 23 heavy (non-hydrogen) atoms. The molecule has 0 bridgehead atoms.